The van der Waals surface area contributed by atoms with E-state index in [1.165, 1.54) is 19.2 Å². The van der Waals surface area contributed by atoms with Crippen LogP contribution in [0.3, 0.4) is 0 Å². The number of nitrogen functional groups attached to an aromatic ring is 1. The number of esters is 1. The second kappa shape index (κ2) is 9.97. The number of Topliss-reactive ketones (excluding diaryl/α,β-unsaturated/α-hetero) is 1. The summed E-state index contributed by atoms with van der Waals surface area (Å²) in [5, 5.41) is 0.183. The molecule has 0 aliphatic carbocycles. The van der Waals surface area contributed by atoms with Gasteiger partial charge in [0.2, 0.25) is 0 Å². The Morgan fingerprint density at radius 2 is 1.89 bits per heavy atom. The van der Waals surface area contributed by atoms with Gasteiger partial charge in [0, 0.05) is 11.3 Å². The summed E-state index contributed by atoms with van der Waals surface area (Å²) >= 11 is 12.5. The van der Waals surface area contributed by atoms with Gasteiger partial charge in [-0.1, -0.05) is 11.6 Å². The molecule has 0 spiro atoms. The molecule has 0 radical (unpaired) electrons. The average Bonchev–Trinajstić information content (AvgIpc) is 3.32. The van der Waals surface area contributed by atoms with Crippen molar-refractivity contribution in [1.82, 2.24) is 4.90 Å². The van der Waals surface area contributed by atoms with Crippen LogP contribution < -0.4 is 10.5 Å². The molecule has 0 amide bonds. The quantitative estimate of drug-likeness (QED) is 0.333. The number of benzene rings is 2. The lowest BCUT2D eigenvalue weighted by molar-refractivity contribution is -0.121. The highest BCUT2D eigenvalue weighted by Crippen LogP contribution is 2.46. The van der Waals surface area contributed by atoms with E-state index in [2.05, 4.69) is 4.90 Å². The van der Waals surface area contributed by atoms with Crippen LogP contribution in [0.15, 0.2) is 23.1 Å². The summed E-state index contributed by atoms with van der Waals surface area (Å²) in [6, 6.07) is 3.88. The second-order valence-electron chi connectivity index (χ2n) is 8.77. The normalized spacial score (nSPS) is 17.6. The number of sulfone groups is 1. The Hall–Kier alpha value is -2.33. The lowest BCUT2D eigenvalue weighted by atomic mass is 9.97. The molecule has 11 heteroatoms. The van der Waals surface area contributed by atoms with Gasteiger partial charge in [0.25, 0.3) is 0 Å². The summed E-state index contributed by atoms with van der Waals surface area (Å²) in [4.78, 5) is 26.6. The van der Waals surface area contributed by atoms with Crippen LogP contribution in [0, 0.1) is 6.92 Å². The summed E-state index contributed by atoms with van der Waals surface area (Å²) in [6.45, 7) is 3.19. The Labute approximate surface area is 214 Å². The van der Waals surface area contributed by atoms with Crippen LogP contribution in [0.1, 0.15) is 39.9 Å². The molecular formula is C24H26Cl2N2O6S. The van der Waals surface area contributed by atoms with E-state index in [-0.39, 0.29) is 56.3 Å². The van der Waals surface area contributed by atoms with Gasteiger partial charge in [0.05, 0.1) is 35.4 Å². The number of anilines is 1. The fraction of sp³-hybridized carbons (Fsp3) is 0.417. The Morgan fingerprint density at radius 1 is 1.20 bits per heavy atom. The van der Waals surface area contributed by atoms with E-state index >= 15 is 0 Å². The maximum absolute atomic E-state index is 13.4. The van der Waals surface area contributed by atoms with Crippen LogP contribution in [0.25, 0.3) is 0 Å². The number of carbonyl (C=O) groups excluding carboxylic acids is 2. The number of nitrogens with two attached hydrogens (primary N) is 1. The largest absolute Gasteiger partial charge is 0.465 e. The van der Waals surface area contributed by atoms with Crippen molar-refractivity contribution in [3.63, 3.8) is 0 Å². The Balaban J connectivity index is 1.80. The minimum Gasteiger partial charge on any atom is -0.465 e. The number of alkyl halides is 1. The van der Waals surface area contributed by atoms with Crippen molar-refractivity contribution >= 4 is 50.5 Å². The van der Waals surface area contributed by atoms with Gasteiger partial charge in [-0.3, -0.25) is 9.69 Å². The molecule has 2 aliphatic rings. The highest BCUT2D eigenvalue weighted by Gasteiger charge is 2.34. The molecule has 4 rings (SSSR count). The summed E-state index contributed by atoms with van der Waals surface area (Å²) < 4.78 is 37.6. The molecule has 2 N–H and O–H groups in total. The first-order valence-corrected chi connectivity index (χ1v) is 13.7. The zero-order valence-electron chi connectivity index (χ0n) is 19.4. The Morgan fingerprint density at radius 3 is 2.51 bits per heavy atom. The molecule has 1 saturated heterocycles. The van der Waals surface area contributed by atoms with Gasteiger partial charge in [-0.2, -0.15) is 0 Å². The van der Waals surface area contributed by atoms with E-state index in [0.717, 1.165) is 25.9 Å². The van der Waals surface area contributed by atoms with Crippen molar-refractivity contribution in [2.24, 2.45) is 0 Å². The second-order valence-corrected chi connectivity index (χ2v) is 11.4. The minimum atomic E-state index is -3.97. The van der Waals surface area contributed by atoms with Crippen molar-refractivity contribution in [3.8, 4) is 11.5 Å². The van der Waals surface area contributed by atoms with E-state index < -0.39 is 27.6 Å². The van der Waals surface area contributed by atoms with Crippen molar-refractivity contribution in [2.45, 2.75) is 42.9 Å². The Kier molecular flexibility index (Phi) is 7.33. The van der Waals surface area contributed by atoms with Crippen molar-refractivity contribution in [1.29, 1.82) is 0 Å². The topological polar surface area (TPSA) is 116 Å². The average molecular weight is 541 g/mol. The molecule has 1 unspecified atom stereocenters. The maximum Gasteiger partial charge on any atom is 0.337 e. The molecule has 2 heterocycles. The number of carbonyl (C=O) groups is 2. The number of ether oxygens (including phenoxy) is 2. The molecule has 0 bridgehead atoms. The molecule has 2 aliphatic heterocycles. The number of fused-ring (bicyclic) bond motifs is 2. The van der Waals surface area contributed by atoms with Crippen molar-refractivity contribution < 1.29 is 27.5 Å². The number of nitrogens with zero attached hydrogens (tertiary/aromatic N) is 1. The number of aryl methyl sites for hydroxylation is 1. The zero-order valence-corrected chi connectivity index (χ0v) is 21.7. The highest BCUT2D eigenvalue weighted by molar-refractivity contribution is 7.90. The number of hydrogen-bond donors (Lipinski definition) is 1. The smallest absolute Gasteiger partial charge is 0.337 e. The zero-order chi connectivity index (χ0) is 25.5. The number of likely N-dealkylation sites (tertiary alicyclic amines) is 1. The molecule has 35 heavy (non-hydrogen) atoms. The van der Waals surface area contributed by atoms with Gasteiger partial charge in [-0.25, -0.2) is 13.2 Å². The van der Waals surface area contributed by atoms with Crippen LogP contribution in [-0.2, 0) is 31.5 Å². The van der Waals surface area contributed by atoms with Crippen molar-refractivity contribution in [2.75, 3.05) is 31.8 Å². The fourth-order valence-electron chi connectivity index (χ4n) is 4.69. The van der Waals surface area contributed by atoms with Crippen LogP contribution in [-0.4, -0.2) is 57.2 Å². The molecular weight excluding hydrogens is 515 g/mol. The molecule has 0 aromatic heterocycles. The number of methoxy groups -OCH3 is 1. The van der Waals surface area contributed by atoms with Crippen LogP contribution in [0.4, 0.5) is 5.69 Å². The number of rotatable bonds is 6. The predicted octanol–water partition coefficient (Wildman–Crippen LogP) is 3.91. The van der Waals surface area contributed by atoms with E-state index in [1.807, 2.05) is 0 Å². The fourth-order valence-corrected chi connectivity index (χ4v) is 6.76. The van der Waals surface area contributed by atoms with Gasteiger partial charge in [0.1, 0.15) is 10.6 Å². The van der Waals surface area contributed by atoms with Gasteiger partial charge in [-0.15, -0.1) is 11.6 Å². The van der Waals surface area contributed by atoms with Gasteiger partial charge in [-0.05, 0) is 68.6 Å². The molecule has 1 fully saturated rings. The molecule has 1 atom stereocenters. The molecule has 0 saturated carbocycles. The molecule has 188 valence electrons. The van der Waals surface area contributed by atoms with Gasteiger partial charge >= 0.3 is 5.97 Å². The first-order chi connectivity index (χ1) is 16.6. The van der Waals surface area contributed by atoms with E-state index in [4.69, 9.17) is 38.4 Å². The van der Waals surface area contributed by atoms with E-state index in [0.29, 0.717) is 11.1 Å². The Bertz CT molecular complexity index is 1310. The van der Waals surface area contributed by atoms with Crippen LogP contribution in [0.2, 0.25) is 5.02 Å². The third-order valence-corrected chi connectivity index (χ3v) is 8.68. The van der Waals surface area contributed by atoms with Crippen LogP contribution >= 0.6 is 23.2 Å². The molecule has 8 nitrogen and oxygen atoms in total. The number of ketones is 1. The number of hydrogen-bond acceptors (Lipinski definition) is 8. The summed E-state index contributed by atoms with van der Waals surface area (Å²) in [7, 11) is -2.75. The van der Waals surface area contributed by atoms with Crippen LogP contribution in [0.5, 0.6) is 11.5 Å². The third kappa shape index (κ3) is 4.87. The van der Waals surface area contributed by atoms with E-state index in [1.54, 1.807) is 13.0 Å². The standard InChI is InChI=1S/C24H26Cl2N2O6S/c1-13-7-15(24(30)33-2)10-20-22(13)34-23-16(12-35(20,31)32)21(27)14(8-17(23)26)9-18(19(29)11-25)28-5-3-4-6-28/h7-8,10,18H,3-6,9,11-12,27H2,1-2H3. The van der Waals surface area contributed by atoms with Gasteiger partial charge in [0.15, 0.2) is 21.4 Å². The molecule has 2 aromatic rings. The van der Waals surface area contributed by atoms with Crippen molar-refractivity contribution in [3.05, 3.63) is 45.5 Å². The summed E-state index contributed by atoms with van der Waals surface area (Å²) in [5.41, 5.74) is 7.99. The SMILES string of the molecule is COC(=O)c1cc(C)c2c(c1)S(=O)(=O)Cc1c(N)c(CC(C(=O)CCl)N3CCCC3)cc(Cl)c1O2. The monoisotopic (exact) mass is 540 g/mol. The number of halogens is 2. The third-order valence-electron chi connectivity index (χ3n) is 6.50. The summed E-state index contributed by atoms with van der Waals surface area (Å²) in [5.74, 6) is -1.17. The predicted molar refractivity (Wildman–Crippen MR) is 133 cm³/mol. The molecule has 2 aromatic carbocycles. The van der Waals surface area contributed by atoms with Gasteiger partial charge < -0.3 is 15.2 Å². The highest BCUT2D eigenvalue weighted by atomic mass is 35.5. The first-order valence-electron chi connectivity index (χ1n) is 11.1. The minimum absolute atomic E-state index is 0.0812. The lowest BCUT2D eigenvalue weighted by Gasteiger charge is -2.27. The first kappa shape index (κ1) is 25.8. The maximum atomic E-state index is 13.4. The lowest BCUT2D eigenvalue weighted by Crippen LogP contribution is -2.41. The van der Waals surface area contributed by atoms with E-state index in [9.17, 15) is 18.0 Å². The summed E-state index contributed by atoms with van der Waals surface area (Å²) in [6.07, 6.45) is 2.23.